The summed E-state index contributed by atoms with van der Waals surface area (Å²) in [6.45, 7) is 5.58. The van der Waals surface area contributed by atoms with Crippen molar-refractivity contribution < 1.29 is 17.9 Å². The second-order valence-electron chi connectivity index (χ2n) is 7.51. The highest BCUT2D eigenvalue weighted by Crippen LogP contribution is 2.30. The second kappa shape index (κ2) is 8.88. The van der Waals surface area contributed by atoms with E-state index in [2.05, 4.69) is 9.29 Å². The first kappa shape index (κ1) is 22.2. The topological polar surface area (TPSA) is 80.6 Å². The van der Waals surface area contributed by atoms with E-state index in [0.717, 1.165) is 5.69 Å². The van der Waals surface area contributed by atoms with E-state index < -0.39 is 10.0 Å². The monoisotopic (exact) mass is 473 g/mol. The molecule has 0 spiro atoms. The molecule has 1 aliphatic heterocycles. The Morgan fingerprint density at radius 2 is 1.91 bits per heavy atom. The minimum Gasteiger partial charge on any atom is -0.494 e. The van der Waals surface area contributed by atoms with Crippen molar-refractivity contribution in [1.82, 2.24) is 9.47 Å². The zero-order valence-electron chi connectivity index (χ0n) is 17.8. The van der Waals surface area contributed by atoms with Crippen molar-refractivity contribution >= 4 is 33.2 Å². The number of hydrogen-bond acceptors (Lipinski definition) is 4. The predicted octanol–water partition coefficient (Wildman–Crippen LogP) is 4.56. The average Bonchev–Trinajstić information content (AvgIpc) is 3.25. The highest BCUT2D eigenvalue weighted by molar-refractivity contribution is 7.92. The summed E-state index contributed by atoms with van der Waals surface area (Å²) in [7, 11) is -4.01. The van der Waals surface area contributed by atoms with Crippen LogP contribution in [0.2, 0.25) is 5.02 Å². The minimum absolute atomic E-state index is 0.0422. The minimum atomic E-state index is -4.01. The van der Waals surface area contributed by atoms with Crippen LogP contribution < -0.4 is 9.46 Å². The third kappa shape index (κ3) is 4.33. The molecule has 168 valence electrons. The van der Waals surface area contributed by atoms with Gasteiger partial charge < -0.3 is 14.2 Å². The smallest absolute Gasteiger partial charge is 0.263 e. The van der Waals surface area contributed by atoms with Gasteiger partial charge in [0.25, 0.3) is 15.9 Å². The largest absolute Gasteiger partial charge is 0.494 e. The maximum Gasteiger partial charge on any atom is 0.263 e. The van der Waals surface area contributed by atoms with Crippen LogP contribution in [0.3, 0.4) is 0 Å². The number of amides is 1. The first-order valence-corrected chi connectivity index (χ1v) is 12.2. The number of rotatable bonds is 6. The van der Waals surface area contributed by atoms with E-state index in [1.165, 1.54) is 12.1 Å². The number of ether oxygens (including phenoxy) is 1. The standard InChI is InChI=1S/C23H24ClN3O4S/c1-3-31-19-9-7-18(8-10-19)25-32(29,30)22-15-17(6-11-20(22)24)23(28)27-14-13-26-12-4-5-21(26)16(27)2/h4-12,15-16,25H,3,13-14H2,1-2H3/t16-/m1/s1. The molecular weight excluding hydrogens is 450 g/mol. The van der Waals surface area contributed by atoms with Crippen LogP contribution in [0.5, 0.6) is 5.75 Å². The molecule has 7 nitrogen and oxygen atoms in total. The number of carbonyl (C=O) groups excluding carboxylic acids is 1. The lowest BCUT2D eigenvalue weighted by atomic mass is 10.1. The fourth-order valence-corrected chi connectivity index (χ4v) is 5.45. The molecule has 3 aromatic rings. The number of halogens is 1. The Bertz CT molecular complexity index is 1240. The van der Waals surface area contributed by atoms with Crippen LogP contribution in [-0.2, 0) is 16.6 Å². The van der Waals surface area contributed by atoms with Gasteiger partial charge in [0.1, 0.15) is 10.6 Å². The van der Waals surface area contributed by atoms with Crippen molar-refractivity contribution in [3.8, 4) is 5.75 Å². The molecule has 2 aromatic carbocycles. The van der Waals surface area contributed by atoms with Gasteiger partial charge in [-0.15, -0.1) is 0 Å². The maximum absolute atomic E-state index is 13.2. The van der Waals surface area contributed by atoms with Crippen LogP contribution >= 0.6 is 11.6 Å². The molecule has 4 rings (SSSR count). The molecule has 0 aliphatic carbocycles. The van der Waals surface area contributed by atoms with Crippen molar-refractivity contribution in [2.75, 3.05) is 17.9 Å². The van der Waals surface area contributed by atoms with Crippen molar-refractivity contribution in [3.63, 3.8) is 0 Å². The van der Waals surface area contributed by atoms with Crippen LogP contribution in [0.25, 0.3) is 0 Å². The summed E-state index contributed by atoms with van der Waals surface area (Å²) in [5.74, 6) is 0.405. The number of hydrogen-bond donors (Lipinski definition) is 1. The number of benzene rings is 2. The van der Waals surface area contributed by atoms with Crippen molar-refractivity contribution in [3.05, 3.63) is 77.1 Å². The average molecular weight is 474 g/mol. The Morgan fingerprint density at radius 3 is 2.62 bits per heavy atom. The van der Waals surface area contributed by atoms with Gasteiger partial charge in [-0.05, 0) is 68.4 Å². The molecule has 0 saturated carbocycles. The van der Waals surface area contributed by atoms with Crippen molar-refractivity contribution in [2.24, 2.45) is 0 Å². The fraction of sp³-hybridized carbons (Fsp3) is 0.261. The quantitative estimate of drug-likeness (QED) is 0.569. The zero-order chi connectivity index (χ0) is 22.9. The number of nitrogens with one attached hydrogen (secondary N) is 1. The van der Waals surface area contributed by atoms with Gasteiger partial charge >= 0.3 is 0 Å². The fourth-order valence-electron chi connectivity index (χ4n) is 3.86. The highest BCUT2D eigenvalue weighted by atomic mass is 35.5. The Kier molecular flexibility index (Phi) is 6.17. The predicted molar refractivity (Wildman–Crippen MR) is 124 cm³/mol. The molecule has 0 fully saturated rings. The van der Waals surface area contributed by atoms with Gasteiger partial charge in [-0.2, -0.15) is 0 Å². The van der Waals surface area contributed by atoms with Crippen molar-refractivity contribution in [2.45, 2.75) is 31.3 Å². The lowest BCUT2D eigenvalue weighted by molar-refractivity contribution is 0.0644. The van der Waals surface area contributed by atoms with E-state index >= 15 is 0 Å². The van der Waals surface area contributed by atoms with Gasteiger partial charge in [-0.25, -0.2) is 8.42 Å². The number of nitrogens with zero attached hydrogens (tertiary/aromatic N) is 2. The second-order valence-corrected chi connectivity index (χ2v) is 9.57. The van der Waals surface area contributed by atoms with Crippen LogP contribution in [-0.4, -0.2) is 36.9 Å². The van der Waals surface area contributed by atoms with E-state index in [9.17, 15) is 13.2 Å². The molecule has 1 aliphatic rings. The van der Waals surface area contributed by atoms with Gasteiger partial charge in [0.2, 0.25) is 0 Å². The third-order valence-corrected chi connectivity index (χ3v) is 7.35. The lowest BCUT2D eigenvalue weighted by Gasteiger charge is -2.35. The van der Waals surface area contributed by atoms with Gasteiger partial charge in [0.15, 0.2) is 0 Å². The molecule has 32 heavy (non-hydrogen) atoms. The molecule has 0 saturated heterocycles. The normalized spacial score (nSPS) is 15.8. The van der Waals surface area contributed by atoms with Crippen LogP contribution in [0, 0.1) is 0 Å². The third-order valence-electron chi connectivity index (χ3n) is 5.49. The summed E-state index contributed by atoms with van der Waals surface area (Å²) >= 11 is 6.22. The summed E-state index contributed by atoms with van der Waals surface area (Å²) in [4.78, 5) is 14.8. The van der Waals surface area contributed by atoms with E-state index in [1.807, 2.05) is 32.2 Å². The molecule has 1 atom stereocenters. The van der Waals surface area contributed by atoms with E-state index in [-0.39, 0.29) is 27.4 Å². The summed E-state index contributed by atoms with van der Waals surface area (Å²) in [6.07, 6.45) is 1.99. The van der Waals surface area contributed by atoms with Gasteiger partial charge in [-0.3, -0.25) is 9.52 Å². The SMILES string of the molecule is CCOc1ccc(NS(=O)(=O)c2cc(C(=O)N3CCn4cccc4[C@H]3C)ccc2Cl)cc1. The molecular formula is C23H24ClN3O4S. The van der Waals surface area contributed by atoms with Crippen LogP contribution in [0.4, 0.5) is 5.69 Å². The Balaban J connectivity index is 1.58. The number of carbonyl (C=O) groups is 1. The van der Waals surface area contributed by atoms with E-state index in [4.69, 9.17) is 16.3 Å². The van der Waals surface area contributed by atoms with E-state index in [1.54, 1.807) is 35.2 Å². The number of anilines is 1. The molecule has 1 aromatic heterocycles. The number of fused-ring (bicyclic) bond motifs is 1. The first-order valence-electron chi connectivity index (χ1n) is 10.3. The Hall–Kier alpha value is -2.97. The molecule has 0 bridgehead atoms. The van der Waals surface area contributed by atoms with E-state index in [0.29, 0.717) is 31.1 Å². The summed E-state index contributed by atoms with van der Waals surface area (Å²) < 4.78 is 36.1. The maximum atomic E-state index is 13.2. The number of aromatic nitrogens is 1. The lowest BCUT2D eigenvalue weighted by Crippen LogP contribution is -2.40. The zero-order valence-corrected chi connectivity index (χ0v) is 19.4. The van der Waals surface area contributed by atoms with Crippen molar-refractivity contribution in [1.29, 1.82) is 0 Å². The van der Waals surface area contributed by atoms with Gasteiger partial charge in [0.05, 0.1) is 17.7 Å². The molecule has 1 amide bonds. The number of sulfonamides is 1. The summed E-state index contributed by atoms with van der Waals surface area (Å²) in [5.41, 5.74) is 1.68. The molecule has 1 N–H and O–H groups in total. The summed E-state index contributed by atoms with van der Waals surface area (Å²) in [5, 5.41) is 0.0422. The Morgan fingerprint density at radius 1 is 1.16 bits per heavy atom. The molecule has 2 heterocycles. The van der Waals surface area contributed by atoms with Gasteiger partial charge in [0, 0.05) is 36.2 Å². The molecule has 9 heteroatoms. The summed E-state index contributed by atoms with van der Waals surface area (Å²) in [6, 6.07) is 14.7. The first-order chi connectivity index (χ1) is 15.3. The molecule has 0 unspecified atom stereocenters. The highest BCUT2D eigenvalue weighted by Gasteiger charge is 2.29. The van der Waals surface area contributed by atoms with Gasteiger partial charge in [-0.1, -0.05) is 11.6 Å². The molecule has 0 radical (unpaired) electrons. The van der Waals surface area contributed by atoms with Crippen LogP contribution in [0.15, 0.2) is 65.7 Å². The Labute approximate surface area is 192 Å². The van der Waals surface area contributed by atoms with Crippen LogP contribution in [0.1, 0.15) is 35.9 Å².